The number of sulfone groups is 1. The van der Waals surface area contributed by atoms with E-state index >= 15 is 0 Å². The van der Waals surface area contributed by atoms with Crippen LogP contribution in [0, 0.1) is 17.6 Å². The molecule has 1 heterocycles. The monoisotopic (exact) mass is 445 g/mol. The van der Waals surface area contributed by atoms with E-state index in [1.54, 1.807) is 0 Å². The first-order valence-corrected chi connectivity index (χ1v) is 10.2. The van der Waals surface area contributed by atoms with E-state index in [0.29, 0.717) is 19.6 Å². The smallest absolute Gasteiger partial charge is 0.259 e. The molecule has 2 aromatic carbocycles. The van der Waals surface area contributed by atoms with Crippen molar-refractivity contribution in [2.45, 2.75) is 11.3 Å². The van der Waals surface area contributed by atoms with E-state index in [2.05, 4.69) is 5.32 Å². The highest BCUT2D eigenvalue weighted by molar-refractivity contribution is 7.91. The zero-order valence-electron chi connectivity index (χ0n) is 15.6. The van der Waals surface area contributed by atoms with Gasteiger partial charge in [0.15, 0.2) is 9.84 Å². The van der Waals surface area contributed by atoms with Gasteiger partial charge in [-0.15, -0.1) is 0 Å². The van der Waals surface area contributed by atoms with Gasteiger partial charge in [-0.05, 0) is 42.7 Å². The number of carbonyl (C=O) groups is 1. The number of halogens is 2. The van der Waals surface area contributed by atoms with Crippen molar-refractivity contribution < 1.29 is 31.5 Å². The predicted molar refractivity (Wildman–Crippen MR) is 109 cm³/mol. The van der Waals surface area contributed by atoms with Crippen molar-refractivity contribution in [1.29, 1.82) is 0 Å². The summed E-state index contributed by atoms with van der Waals surface area (Å²) in [4.78, 5) is 12.5. The van der Waals surface area contributed by atoms with Crippen LogP contribution in [0.1, 0.15) is 16.8 Å². The second-order valence-electron chi connectivity index (χ2n) is 6.42. The predicted octanol–water partition coefficient (Wildman–Crippen LogP) is 3.15. The molecular weight excluding hydrogens is 424 g/mol. The van der Waals surface area contributed by atoms with Gasteiger partial charge >= 0.3 is 0 Å². The number of hydrogen-bond acceptors (Lipinski definition) is 5. The Hall–Kier alpha value is -2.17. The lowest BCUT2D eigenvalue weighted by atomic mass is 10.1. The summed E-state index contributed by atoms with van der Waals surface area (Å²) in [6.45, 7) is 0.889. The zero-order chi connectivity index (χ0) is 20.3. The van der Waals surface area contributed by atoms with E-state index < -0.39 is 33.1 Å². The van der Waals surface area contributed by atoms with Crippen molar-refractivity contribution in [3.05, 3.63) is 53.6 Å². The molecule has 1 aliphatic rings. The molecule has 0 spiro atoms. The van der Waals surface area contributed by atoms with Crippen molar-refractivity contribution in [1.82, 2.24) is 0 Å². The van der Waals surface area contributed by atoms with E-state index in [4.69, 9.17) is 9.47 Å². The molecule has 0 aromatic heterocycles. The fourth-order valence-corrected chi connectivity index (χ4v) is 4.63. The van der Waals surface area contributed by atoms with Crippen molar-refractivity contribution >= 4 is 34.9 Å². The quantitative estimate of drug-likeness (QED) is 0.739. The summed E-state index contributed by atoms with van der Waals surface area (Å²) < 4.78 is 63.3. The highest BCUT2D eigenvalue weighted by Crippen LogP contribution is 2.27. The van der Waals surface area contributed by atoms with Crippen LogP contribution in [0.25, 0.3) is 0 Å². The average Bonchev–Trinajstić information content (AvgIpc) is 3.16. The van der Waals surface area contributed by atoms with Crippen molar-refractivity contribution in [2.75, 3.05) is 31.4 Å². The van der Waals surface area contributed by atoms with Gasteiger partial charge in [0, 0.05) is 6.61 Å². The van der Waals surface area contributed by atoms with Crippen LogP contribution in [-0.2, 0) is 14.6 Å². The summed E-state index contributed by atoms with van der Waals surface area (Å²) in [5, 5.41) is 2.14. The number of methoxy groups -OCH3 is 1. The molecule has 1 aliphatic heterocycles. The van der Waals surface area contributed by atoms with Crippen molar-refractivity contribution in [3.63, 3.8) is 0 Å². The lowest BCUT2D eigenvalue weighted by Gasteiger charge is -2.13. The highest BCUT2D eigenvalue weighted by Gasteiger charge is 2.26. The van der Waals surface area contributed by atoms with Gasteiger partial charge < -0.3 is 14.8 Å². The van der Waals surface area contributed by atoms with E-state index in [9.17, 15) is 22.0 Å². The van der Waals surface area contributed by atoms with Gasteiger partial charge in [0.05, 0.1) is 29.9 Å². The minimum absolute atomic E-state index is 0. The Morgan fingerprint density at radius 1 is 1.24 bits per heavy atom. The summed E-state index contributed by atoms with van der Waals surface area (Å²) in [7, 11) is -2.37. The van der Waals surface area contributed by atoms with Crippen molar-refractivity contribution in [2.24, 2.45) is 5.92 Å². The molecule has 158 valence electrons. The lowest BCUT2D eigenvalue weighted by Crippen LogP contribution is -2.19. The van der Waals surface area contributed by atoms with Crippen LogP contribution in [0.5, 0.6) is 5.75 Å². The molecular formula is C19H21F2NO5S2. The molecule has 10 heteroatoms. The topological polar surface area (TPSA) is 81.7 Å². The van der Waals surface area contributed by atoms with E-state index in [-0.39, 0.29) is 41.4 Å². The first-order valence-electron chi connectivity index (χ1n) is 8.55. The molecule has 0 aliphatic carbocycles. The number of carbonyl (C=O) groups excluding carboxylic acids is 1. The SMILES string of the molecule is COc1ccc(S(=O)(=O)C[C@H]2CCOC2)cc1C(=O)Nc1c(F)cccc1F.S. The number of ether oxygens (including phenoxy) is 2. The van der Waals surface area contributed by atoms with E-state index in [1.807, 2.05) is 0 Å². The molecule has 1 N–H and O–H groups in total. The van der Waals surface area contributed by atoms with Gasteiger partial charge in [-0.2, -0.15) is 13.5 Å². The van der Waals surface area contributed by atoms with Crippen LogP contribution < -0.4 is 10.1 Å². The molecule has 0 saturated carbocycles. The Balaban J connectivity index is 0.00000300. The Morgan fingerprint density at radius 2 is 1.93 bits per heavy atom. The van der Waals surface area contributed by atoms with Gasteiger partial charge in [-0.1, -0.05) is 6.07 Å². The third-order valence-electron chi connectivity index (χ3n) is 4.46. The number of nitrogens with one attached hydrogen (secondary N) is 1. The third kappa shape index (κ3) is 5.26. The molecule has 3 rings (SSSR count). The Morgan fingerprint density at radius 3 is 2.52 bits per heavy atom. The van der Waals surface area contributed by atoms with E-state index in [1.165, 1.54) is 25.3 Å². The Bertz CT molecular complexity index is 972. The first-order chi connectivity index (χ1) is 13.3. The molecule has 1 amide bonds. The first kappa shape index (κ1) is 23.1. The van der Waals surface area contributed by atoms with E-state index in [0.717, 1.165) is 18.2 Å². The standard InChI is InChI=1S/C19H19F2NO5S.H2S/c1-26-17-6-5-13(28(24,25)11-12-7-8-27-10-12)9-14(17)19(23)22-18-15(20)3-2-4-16(18)21;/h2-6,9,12H,7-8,10-11H2,1H3,(H,22,23);1H2/t12-;/m0./s1. The van der Waals surface area contributed by atoms with Gasteiger partial charge in [-0.3, -0.25) is 4.79 Å². The van der Waals surface area contributed by atoms with Crippen LogP contribution in [0.2, 0.25) is 0 Å². The van der Waals surface area contributed by atoms with Crippen molar-refractivity contribution in [3.8, 4) is 5.75 Å². The third-order valence-corrected chi connectivity index (χ3v) is 6.34. The Kier molecular flexibility index (Phi) is 7.61. The van der Waals surface area contributed by atoms with Crippen LogP contribution in [-0.4, -0.2) is 40.4 Å². The highest BCUT2D eigenvalue weighted by atomic mass is 32.2. The largest absolute Gasteiger partial charge is 0.496 e. The maximum Gasteiger partial charge on any atom is 0.259 e. The molecule has 1 atom stereocenters. The van der Waals surface area contributed by atoms with Crippen LogP contribution in [0.15, 0.2) is 41.3 Å². The molecule has 0 bridgehead atoms. The summed E-state index contributed by atoms with van der Waals surface area (Å²) in [5.41, 5.74) is -0.764. The van der Waals surface area contributed by atoms with Gasteiger partial charge in [-0.25, -0.2) is 17.2 Å². The lowest BCUT2D eigenvalue weighted by molar-refractivity contribution is 0.102. The van der Waals surface area contributed by atoms with Gasteiger partial charge in [0.2, 0.25) is 0 Å². The number of hydrogen-bond donors (Lipinski definition) is 1. The molecule has 1 saturated heterocycles. The number of rotatable bonds is 6. The summed E-state index contributed by atoms with van der Waals surface area (Å²) >= 11 is 0. The Labute approximate surface area is 174 Å². The minimum atomic E-state index is -3.68. The summed E-state index contributed by atoms with van der Waals surface area (Å²) in [5.74, 6) is -2.92. The molecule has 2 aromatic rings. The molecule has 0 unspecified atom stereocenters. The second kappa shape index (κ2) is 9.55. The fraction of sp³-hybridized carbons (Fsp3) is 0.316. The second-order valence-corrected chi connectivity index (χ2v) is 8.46. The molecule has 1 fully saturated rings. The molecule has 29 heavy (non-hydrogen) atoms. The number of benzene rings is 2. The summed E-state index contributed by atoms with van der Waals surface area (Å²) in [6, 6.07) is 6.99. The number of para-hydroxylation sites is 1. The number of anilines is 1. The minimum Gasteiger partial charge on any atom is -0.496 e. The van der Waals surface area contributed by atoms with Crippen LogP contribution >= 0.6 is 13.5 Å². The van der Waals surface area contributed by atoms with Crippen LogP contribution in [0.3, 0.4) is 0 Å². The van der Waals surface area contributed by atoms with Gasteiger partial charge in [0.1, 0.15) is 23.1 Å². The molecule has 6 nitrogen and oxygen atoms in total. The number of amides is 1. The normalized spacial score (nSPS) is 16.2. The molecule has 0 radical (unpaired) electrons. The summed E-state index contributed by atoms with van der Waals surface area (Å²) in [6.07, 6.45) is 0.648. The maximum atomic E-state index is 13.8. The van der Waals surface area contributed by atoms with Crippen LogP contribution in [0.4, 0.5) is 14.5 Å². The van der Waals surface area contributed by atoms with Gasteiger partial charge in [0.25, 0.3) is 5.91 Å². The average molecular weight is 446 g/mol. The fourth-order valence-electron chi connectivity index (χ4n) is 2.98. The zero-order valence-corrected chi connectivity index (χ0v) is 17.4. The maximum absolute atomic E-state index is 13.8.